The molecular weight excluding hydrogens is 246 g/mol. The molecule has 1 aliphatic heterocycles. The van der Waals surface area contributed by atoms with Gasteiger partial charge in [-0.15, -0.1) is 0 Å². The van der Waals surface area contributed by atoms with Crippen LogP contribution in [0.4, 0.5) is 5.69 Å². The molecule has 0 saturated carbocycles. The Hall–Kier alpha value is -1.92. The van der Waals surface area contributed by atoms with E-state index in [1.54, 1.807) is 0 Å². The molecule has 0 aliphatic carbocycles. The molecule has 2 aromatic rings. The zero-order chi connectivity index (χ0) is 12.9. The highest BCUT2D eigenvalue weighted by molar-refractivity contribution is 5.42. The van der Waals surface area contributed by atoms with Crippen LogP contribution in [0.25, 0.3) is 0 Å². The molecule has 3 rings (SSSR count). The predicted octanol–water partition coefficient (Wildman–Crippen LogP) is 1.77. The van der Waals surface area contributed by atoms with Gasteiger partial charge in [-0.2, -0.15) is 4.98 Å². The third-order valence-electron chi connectivity index (χ3n) is 2.81. The standard InChI is InChI=1S/C13H15N3O3/c1-2-4-10(5-3-1)14-8-12-15-13(16-19-12)11-9-17-6-7-18-11/h1-5,11,14H,6-9H2. The molecule has 1 N–H and O–H groups in total. The first-order valence-corrected chi connectivity index (χ1v) is 6.22. The van der Waals surface area contributed by atoms with Crippen LogP contribution < -0.4 is 5.32 Å². The maximum absolute atomic E-state index is 5.51. The molecule has 0 bridgehead atoms. The second-order valence-electron chi connectivity index (χ2n) is 4.20. The smallest absolute Gasteiger partial charge is 0.246 e. The van der Waals surface area contributed by atoms with E-state index in [1.807, 2.05) is 30.3 Å². The lowest BCUT2D eigenvalue weighted by Gasteiger charge is -2.19. The van der Waals surface area contributed by atoms with Gasteiger partial charge in [-0.3, -0.25) is 0 Å². The Labute approximate surface area is 110 Å². The summed E-state index contributed by atoms with van der Waals surface area (Å²) in [6.07, 6.45) is -0.219. The van der Waals surface area contributed by atoms with Gasteiger partial charge in [0.05, 0.1) is 26.4 Å². The van der Waals surface area contributed by atoms with Crippen molar-refractivity contribution in [3.8, 4) is 0 Å². The van der Waals surface area contributed by atoms with E-state index in [0.29, 0.717) is 38.1 Å². The van der Waals surface area contributed by atoms with Gasteiger partial charge in [0.2, 0.25) is 11.7 Å². The van der Waals surface area contributed by atoms with Crippen molar-refractivity contribution < 1.29 is 14.0 Å². The van der Waals surface area contributed by atoms with Crippen LogP contribution >= 0.6 is 0 Å². The monoisotopic (exact) mass is 261 g/mol. The van der Waals surface area contributed by atoms with Gasteiger partial charge < -0.3 is 19.3 Å². The maximum Gasteiger partial charge on any atom is 0.246 e. The van der Waals surface area contributed by atoms with Crippen molar-refractivity contribution >= 4 is 5.69 Å². The molecular formula is C13H15N3O3. The van der Waals surface area contributed by atoms with E-state index in [2.05, 4.69) is 15.5 Å². The van der Waals surface area contributed by atoms with Gasteiger partial charge in [0.1, 0.15) is 6.10 Å². The molecule has 1 aliphatic rings. The van der Waals surface area contributed by atoms with Gasteiger partial charge >= 0.3 is 0 Å². The quantitative estimate of drug-likeness (QED) is 0.904. The number of nitrogens with one attached hydrogen (secondary N) is 1. The Morgan fingerprint density at radius 3 is 2.89 bits per heavy atom. The normalized spacial score (nSPS) is 19.3. The summed E-state index contributed by atoms with van der Waals surface area (Å²) in [6, 6.07) is 9.87. The van der Waals surface area contributed by atoms with Crippen LogP contribution in [0.1, 0.15) is 17.8 Å². The lowest BCUT2D eigenvalue weighted by Crippen LogP contribution is -2.22. The minimum atomic E-state index is -0.219. The number of para-hydroxylation sites is 1. The highest BCUT2D eigenvalue weighted by Gasteiger charge is 2.22. The number of hydrogen-bond donors (Lipinski definition) is 1. The summed E-state index contributed by atoms with van der Waals surface area (Å²) in [5, 5.41) is 7.13. The number of rotatable bonds is 4. The molecule has 1 atom stereocenters. The highest BCUT2D eigenvalue weighted by Crippen LogP contribution is 2.18. The lowest BCUT2D eigenvalue weighted by molar-refractivity contribution is -0.0941. The van der Waals surface area contributed by atoms with Crippen molar-refractivity contribution in [3.63, 3.8) is 0 Å². The summed E-state index contributed by atoms with van der Waals surface area (Å²) in [5.41, 5.74) is 1.01. The molecule has 19 heavy (non-hydrogen) atoms. The molecule has 2 heterocycles. The number of ether oxygens (including phenoxy) is 2. The van der Waals surface area contributed by atoms with E-state index in [-0.39, 0.29) is 6.10 Å². The van der Waals surface area contributed by atoms with Crippen molar-refractivity contribution in [2.45, 2.75) is 12.6 Å². The summed E-state index contributed by atoms with van der Waals surface area (Å²) in [6.45, 7) is 2.16. The lowest BCUT2D eigenvalue weighted by atomic mass is 10.3. The van der Waals surface area contributed by atoms with Gasteiger partial charge in [-0.25, -0.2) is 0 Å². The average molecular weight is 261 g/mol. The van der Waals surface area contributed by atoms with Crippen molar-refractivity contribution in [2.75, 3.05) is 25.1 Å². The third-order valence-corrected chi connectivity index (χ3v) is 2.81. The summed E-state index contributed by atoms with van der Waals surface area (Å²) in [7, 11) is 0. The molecule has 0 amide bonds. The van der Waals surface area contributed by atoms with E-state index in [4.69, 9.17) is 14.0 Å². The predicted molar refractivity (Wildman–Crippen MR) is 67.6 cm³/mol. The molecule has 0 radical (unpaired) electrons. The number of benzene rings is 1. The van der Waals surface area contributed by atoms with Crippen LogP contribution in [0.5, 0.6) is 0 Å². The minimum absolute atomic E-state index is 0.219. The van der Waals surface area contributed by atoms with E-state index >= 15 is 0 Å². The van der Waals surface area contributed by atoms with Crippen molar-refractivity contribution in [3.05, 3.63) is 42.0 Å². The number of nitrogens with zero attached hydrogens (tertiary/aromatic N) is 2. The molecule has 6 heteroatoms. The van der Waals surface area contributed by atoms with Gasteiger partial charge in [-0.05, 0) is 12.1 Å². The fourth-order valence-corrected chi connectivity index (χ4v) is 1.84. The number of aromatic nitrogens is 2. The Morgan fingerprint density at radius 1 is 1.21 bits per heavy atom. The zero-order valence-corrected chi connectivity index (χ0v) is 10.4. The van der Waals surface area contributed by atoms with E-state index in [0.717, 1.165) is 5.69 Å². The van der Waals surface area contributed by atoms with Crippen molar-refractivity contribution in [2.24, 2.45) is 0 Å². The fourth-order valence-electron chi connectivity index (χ4n) is 1.84. The van der Waals surface area contributed by atoms with Crippen molar-refractivity contribution in [1.29, 1.82) is 0 Å². The molecule has 1 aromatic heterocycles. The van der Waals surface area contributed by atoms with Crippen LogP contribution in [0, 0.1) is 0 Å². The Bertz CT molecular complexity index is 509. The van der Waals surface area contributed by atoms with Crippen LogP contribution in [-0.4, -0.2) is 30.0 Å². The Kier molecular flexibility index (Phi) is 3.71. The third kappa shape index (κ3) is 3.10. The van der Waals surface area contributed by atoms with E-state index in [9.17, 15) is 0 Å². The van der Waals surface area contributed by atoms with Gasteiger partial charge in [0.25, 0.3) is 0 Å². The summed E-state index contributed by atoms with van der Waals surface area (Å²) < 4.78 is 16.0. The first-order chi connectivity index (χ1) is 9.42. The number of anilines is 1. The van der Waals surface area contributed by atoms with Crippen LogP contribution in [0.3, 0.4) is 0 Å². The average Bonchev–Trinajstić information content (AvgIpc) is 2.96. The summed E-state index contributed by atoms with van der Waals surface area (Å²) in [5.74, 6) is 1.08. The molecule has 0 spiro atoms. The van der Waals surface area contributed by atoms with Gasteiger partial charge in [0.15, 0.2) is 0 Å². The molecule has 100 valence electrons. The first-order valence-electron chi connectivity index (χ1n) is 6.22. The molecule has 1 fully saturated rings. The topological polar surface area (TPSA) is 69.4 Å². The SMILES string of the molecule is c1ccc(NCc2nc(C3COCCO3)no2)cc1. The zero-order valence-electron chi connectivity index (χ0n) is 10.4. The summed E-state index contributed by atoms with van der Waals surface area (Å²) in [4.78, 5) is 4.30. The Balaban J connectivity index is 1.58. The molecule has 1 aromatic carbocycles. The molecule has 1 saturated heterocycles. The van der Waals surface area contributed by atoms with Gasteiger partial charge in [-0.1, -0.05) is 23.4 Å². The van der Waals surface area contributed by atoms with E-state index in [1.165, 1.54) is 0 Å². The van der Waals surface area contributed by atoms with Crippen LogP contribution in [-0.2, 0) is 16.0 Å². The molecule has 1 unspecified atom stereocenters. The Morgan fingerprint density at radius 2 is 2.11 bits per heavy atom. The largest absolute Gasteiger partial charge is 0.376 e. The maximum atomic E-state index is 5.51. The van der Waals surface area contributed by atoms with Gasteiger partial charge in [0, 0.05) is 5.69 Å². The number of hydrogen-bond acceptors (Lipinski definition) is 6. The molecule has 6 nitrogen and oxygen atoms in total. The first kappa shape index (κ1) is 12.1. The van der Waals surface area contributed by atoms with Crippen LogP contribution in [0.2, 0.25) is 0 Å². The van der Waals surface area contributed by atoms with Crippen molar-refractivity contribution in [1.82, 2.24) is 10.1 Å². The second kappa shape index (κ2) is 5.81. The van der Waals surface area contributed by atoms with Crippen LogP contribution in [0.15, 0.2) is 34.9 Å². The highest BCUT2D eigenvalue weighted by atomic mass is 16.6. The van der Waals surface area contributed by atoms with E-state index < -0.39 is 0 Å². The summed E-state index contributed by atoms with van der Waals surface area (Å²) >= 11 is 0. The fraction of sp³-hybridized carbons (Fsp3) is 0.385. The second-order valence-corrected chi connectivity index (χ2v) is 4.20. The minimum Gasteiger partial charge on any atom is -0.376 e.